The Labute approximate surface area is 162 Å². The lowest BCUT2D eigenvalue weighted by atomic mass is 10.1. The Morgan fingerprint density at radius 3 is 2.59 bits per heavy atom. The fourth-order valence-electron chi connectivity index (χ4n) is 2.65. The quantitative estimate of drug-likeness (QED) is 0.544. The molecule has 29 heavy (non-hydrogen) atoms. The van der Waals surface area contributed by atoms with Crippen LogP contribution in [0.1, 0.15) is 15.9 Å². The predicted octanol–water partition coefficient (Wildman–Crippen LogP) is 2.46. The first-order valence-corrected chi connectivity index (χ1v) is 8.38. The van der Waals surface area contributed by atoms with E-state index in [1.807, 2.05) is 0 Å². The highest BCUT2D eigenvalue weighted by Crippen LogP contribution is 2.20. The predicted molar refractivity (Wildman–Crippen MR) is 99.9 cm³/mol. The summed E-state index contributed by atoms with van der Waals surface area (Å²) in [5.74, 6) is -3.34. The van der Waals surface area contributed by atoms with E-state index in [1.54, 1.807) is 35.3 Å². The van der Waals surface area contributed by atoms with E-state index < -0.39 is 23.1 Å². The molecule has 0 aliphatic rings. The summed E-state index contributed by atoms with van der Waals surface area (Å²) < 4.78 is 30.5. The van der Waals surface area contributed by atoms with Gasteiger partial charge in [-0.25, -0.2) is 18.4 Å². The third-order valence-electron chi connectivity index (χ3n) is 4.13. The molecule has 0 fully saturated rings. The Balaban J connectivity index is 1.59. The summed E-state index contributed by atoms with van der Waals surface area (Å²) in [4.78, 5) is 20.4. The molecule has 0 saturated heterocycles. The van der Waals surface area contributed by atoms with Crippen molar-refractivity contribution in [2.45, 2.75) is 6.92 Å². The molecule has 2 aromatic heterocycles. The van der Waals surface area contributed by atoms with Crippen LogP contribution < -0.4 is 11.1 Å². The van der Waals surface area contributed by atoms with E-state index in [1.165, 1.54) is 19.3 Å². The van der Waals surface area contributed by atoms with Crippen molar-refractivity contribution in [3.8, 4) is 5.69 Å². The van der Waals surface area contributed by atoms with Crippen LogP contribution in [0, 0.1) is 18.6 Å². The van der Waals surface area contributed by atoms with Gasteiger partial charge in [0.15, 0.2) is 0 Å². The lowest BCUT2D eigenvalue weighted by Gasteiger charge is -2.06. The Bertz CT molecular complexity index is 1190. The number of carbonyl (C=O) groups is 1. The van der Waals surface area contributed by atoms with Crippen molar-refractivity contribution >= 4 is 23.5 Å². The summed E-state index contributed by atoms with van der Waals surface area (Å²) in [6.07, 6.45) is 2.98. The molecule has 3 N–H and O–H groups in total. The van der Waals surface area contributed by atoms with Gasteiger partial charge in [0.05, 0.1) is 5.69 Å². The van der Waals surface area contributed by atoms with Crippen LogP contribution in [-0.2, 0) is 0 Å². The number of benzene rings is 2. The Hall–Kier alpha value is -4.15. The number of rotatable bonds is 4. The number of nitrogens with zero attached hydrogens (tertiary/aromatic N) is 6. The summed E-state index contributed by atoms with van der Waals surface area (Å²) >= 11 is 0. The monoisotopic (exact) mass is 396 g/mol. The average Bonchev–Trinajstić information content (AvgIpc) is 3.36. The van der Waals surface area contributed by atoms with Gasteiger partial charge < -0.3 is 11.1 Å². The standard InChI is InChI=1S/C18H14F2N8O/c1-10-2-7-13(19)14(15(10)20)16(29)28-17(21)25-18(26-28)24-11-3-5-12(6-4-11)27-9-22-8-23-27/h2-9H,1H3,(H3,21,24,25,26). The molecule has 0 saturated carbocycles. The van der Waals surface area contributed by atoms with Gasteiger partial charge in [-0.15, -0.1) is 5.10 Å². The molecule has 4 aromatic rings. The van der Waals surface area contributed by atoms with E-state index in [0.717, 1.165) is 11.8 Å². The van der Waals surface area contributed by atoms with Crippen LogP contribution in [0.5, 0.6) is 0 Å². The fraction of sp³-hybridized carbons (Fsp3) is 0.0556. The van der Waals surface area contributed by atoms with Gasteiger partial charge in [0.25, 0.3) is 5.91 Å². The number of nitrogen functional groups attached to an aromatic ring is 1. The molecule has 9 nitrogen and oxygen atoms in total. The van der Waals surface area contributed by atoms with Crippen LogP contribution in [0.25, 0.3) is 5.69 Å². The number of carbonyl (C=O) groups excluding carboxylic acids is 1. The van der Waals surface area contributed by atoms with Crippen LogP contribution >= 0.6 is 0 Å². The molecule has 0 aliphatic heterocycles. The molecule has 146 valence electrons. The number of halogens is 2. The second-order valence-electron chi connectivity index (χ2n) is 6.08. The SMILES string of the molecule is Cc1ccc(F)c(C(=O)n2nc(Nc3ccc(-n4cncn4)cc3)nc2N)c1F. The average molecular weight is 396 g/mol. The molecular weight excluding hydrogens is 382 g/mol. The van der Waals surface area contributed by atoms with Gasteiger partial charge >= 0.3 is 0 Å². The lowest BCUT2D eigenvalue weighted by molar-refractivity contribution is 0.0939. The zero-order valence-electron chi connectivity index (χ0n) is 15.0. The Morgan fingerprint density at radius 2 is 1.90 bits per heavy atom. The Morgan fingerprint density at radius 1 is 1.14 bits per heavy atom. The van der Waals surface area contributed by atoms with Crippen molar-refractivity contribution in [1.82, 2.24) is 29.5 Å². The number of aromatic nitrogens is 6. The smallest absolute Gasteiger partial charge is 0.287 e. The van der Waals surface area contributed by atoms with Gasteiger partial charge in [-0.3, -0.25) is 4.79 Å². The van der Waals surface area contributed by atoms with Crippen molar-refractivity contribution in [3.63, 3.8) is 0 Å². The van der Waals surface area contributed by atoms with Crippen molar-refractivity contribution in [2.75, 3.05) is 11.1 Å². The molecule has 0 aliphatic carbocycles. The molecular formula is C18H14F2N8O. The van der Waals surface area contributed by atoms with E-state index >= 15 is 0 Å². The first-order chi connectivity index (χ1) is 13.9. The molecule has 11 heteroatoms. The highest BCUT2D eigenvalue weighted by Gasteiger charge is 2.24. The van der Waals surface area contributed by atoms with E-state index in [0.29, 0.717) is 10.4 Å². The number of aryl methyl sites for hydroxylation is 1. The topological polar surface area (TPSA) is 117 Å². The number of hydrogen-bond acceptors (Lipinski definition) is 7. The molecule has 2 heterocycles. The molecule has 4 rings (SSSR count). The summed E-state index contributed by atoms with van der Waals surface area (Å²) in [6.45, 7) is 1.42. The minimum atomic E-state index is -1.05. The first kappa shape index (κ1) is 18.2. The van der Waals surface area contributed by atoms with Gasteiger partial charge in [0, 0.05) is 5.69 Å². The largest absolute Gasteiger partial charge is 0.368 e. The van der Waals surface area contributed by atoms with E-state index in [4.69, 9.17) is 5.73 Å². The van der Waals surface area contributed by atoms with Gasteiger partial charge in [-0.2, -0.15) is 14.8 Å². The normalized spacial score (nSPS) is 10.9. The molecule has 2 aromatic carbocycles. The molecule has 0 atom stereocenters. The maximum Gasteiger partial charge on any atom is 0.287 e. The zero-order valence-corrected chi connectivity index (χ0v) is 15.0. The van der Waals surface area contributed by atoms with Crippen molar-refractivity contribution < 1.29 is 13.6 Å². The second kappa shape index (κ2) is 7.11. The van der Waals surface area contributed by atoms with Crippen LogP contribution in [-0.4, -0.2) is 35.4 Å². The molecule has 0 radical (unpaired) electrons. The molecule has 0 bridgehead atoms. The van der Waals surface area contributed by atoms with E-state index in [-0.39, 0.29) is 17.5 Å². The molecule has 0 spiro atoms. The van der Waals surface area contributed by atoms with Crippen molar-refractivity contribution in [1.29, 1.82) is 0 Å². The van der Waals surface area contributed by atoms with Crippen LogP contribution in [0.4, 0.5) is 26.4 Å². The van der Waals surface area contributed by atoms with Gasteiger partial charge in [0.2, 0.25) is 11.9 Å². The van der Waals surface area contributed by atoms with Crippen molar-refractivity contribution in [3.05, 3.63) is 71.8 Å². The number of hydrogen-bond donors (Lipinski definition) is 2. The summed E-state index contributed by atoms with van der Waals surface area (Å²) in [5.41, 5.74) is 6.49. The molecule has 0 amide bonds. The number of nitrogens with two attached hydrogens (primary N) is 1. The summed E-state index contributed by atoms with van der Waals surface area (Å²) in [5, 5.41) is 10.8. The first-order valence-electron chi connectivity index (χ1n) is 8.38. The van der Waals surface area contributed by atoms with Crippen LogP contribution in [0.2, 0.25) is 0 Å². The minimum Gasteiger partial charge on any atom is -0.368 e. The third kappa shape index (κ3) is 3.40. The summed E-state index contributed by atoms with van der Waals surface area (Å²) in [7, 11) is 0. The maximum atomic E-state index is 14.2. The maximum absolute atomic E-state index is 14.2. The van der Waals surface area contributed by atoms with E-state index in [9.17, 15) is 13.6 Å². The number of anilines is 3. The minimum absolute atomic E-state index is 0.00201. The van der Waals surface area contributed by atoms with Gasteiger partial charge in [-0.1, -0.05) is 6.07 Å². The fourth-order valence-corrected chi connectivity index (χ4v) is 2.65. The summed E-state index contributed by atoms with van der Waals surface area (Å²) in [6, 6.07) is 9.27. The molecule has 0 unspecified atom stereocenters. The number of nitrogens with one attached hydrogen (secondary N) is 1. The van der Waals surface area contributed by atoms with Crippen LogP contribution in [0.3, 0.4) is 0 Å². The Kier molecular flexibility index (Phi) is 4.47. The van der Waals surface area contributed by atoms with Crippen LogP contribution in [0.15, 0.2) is 49.1 Å². The zero-order chi connectivity index (χ0) is 20.5. The highest BCUT2D eigenvalue weighted by molar-refractivity contribution is 5.97. The third-order valence-corrected chi connectivity index (χ3v) is 4.13. The second-order valence-corrected chi connectivity index (χ2v) is 6.08. The van der Waals surface area contributed by atoms with Crippen molar-refractivity contribution in [2.24, 2.45) is 0 Å². The van der Waals surface area contributed by atoms with E-state index in [2.05, 4.69) is 25.5 Å². The van der Waals surface area contributed by atoms with Gasteiger partial charge in [-0.05, 0) is 42.8 Å². The highest BCUT2D eigenvalue weighted by atomic mass is 19.1. The van der Waals surface area contributed by atoms with Gasteiger partial charge in [0.1, 0.15) is 29.9 Å². The lowest BCUT2D eigenvalue weighted by Crippen LogP contribution is -2.20.